The number of halogens is 1. The predicted molar refractivity (Wildman–Crippen MR) is 156 cm³/mol. The van der Waals surface area contributed by atoms with Gasteiger partial charge in [0, 0.05) is 27.8 Å². The zero-order valence-corrected chi connectivity index (χ0v) is 20.7. The van der Waals surface area contributed by atoms with Crippen molar-refractivity contribution in [2.45, 2.75) is 0 Å². The van der Waals surface area contributed by atoms with Crippen molar-refractivity contribution < 1.29 is 4.42 Å². The van der Waals surface area contributed by atoms with Gasteiger partial charge in [0.1, 0.15) is 11.2 Å². The number of furan rings is 1. The van der Waals surface area contributed by atoms with Crippen molar-refractivity contribution in [2.75, 3.05) is 4.90 Å². The van der Waals surface area contributed by atoms with Gasteiger partial charge in [-0.15, -0.1) is 0 Å². The van der Waals surface area contributed by atoms with Gasteiger partial charge in [0.15, 0.2) is 0 Å². The Labute approximate surface area is 220 Å². The first-order chi connectivity index (χ1) is 18.3. The molecule has 0 unspecified atom stereocenters. The van der Waals surface area contributed by atoms with E-state index in [-0.39, 0.29) is 0 Å². The minimum absolute atomic E-state index is 0.709. The largest absolute Gasteiger partial charge is 0.456 e. The molecular formula is C34H22ClNO. The van der Waals surface area contributed by atoms with Crippen molar-refractivity contribution in [1.29, 1.82) is 0 Å². The molecule has 37 heavy (non-hydrogen) atoms. The summed E-state index contributed by atoms with van der Waals surface area (Å²) in [6, 6.07) is 46.1. The summed E-state index contributed by atoms with van der Waals surface area (Å²) in [5, 5.41) is 5.06. The van der Waals surface area contributed by atoms with E-state index >= 15 is 0 Å². The monoisotopic (exact) mass is 495 g/mol. The average molecular weight is 496 g/mol. The highest BCUT2D eigenvalue weighted by Gasteiger charge is 2.17. The number of rotatable bonds is 4. The lowest BCUT2D eigenvalue weighted by atomic mass is 9.94. The molecule has 0 spiro atoms. The first-order valence-electron chi connectivity index (χ1n) is 12.3. The zero-order chi connectivity index (χ0) is 24.8. The number of benzene rings is 6. The Kier molecular flexibility index (Phi) is 5.20. The predicted octanol–water partition coefficient (Wildman–Crippen LogP) is 10.5. The second-order valence-electron chi connectivity index (χ2n) is 9.11. The number of nitrogens with zero attached hydrogens (tertiary/aromatic N) is 1. The van der Waals surface area contributed by atoms with Crippen molar-refractivity contribution >= 4 is 61.4 Å². The van der Waals surface area contributed by atoms with Crippen LogP contribution in [0.1, 0.15) is 0 Å². The minimum atomic E-state index is 0.709. The van der Waals surface area contributed by atoms with Crippen LogP contribution in [-0.4, -0.2) is 0 Å². The van der Waals surface area contributed by atoms with Crippen molar-refractivity contribution in [3.8, 4) is 11.1 Å². The van der Waals surface area contributed by atoms with Crippen molar-refractivity contribution in [3.63, 3.8) is 0 Å². The molecule has 0 fully saturated rings. The molecular weight excluding hydrogens is 474 g/mol. The smallest absolute Gasteiger partial charge is 0.136 e. The molecule has 3 heteroatoms. The number of anilines is 3. The van der Waals surface area contributed by atoms with Crippen LogP contribution in [0.3, 0.4) is 0 Å². The third kappa shape index (κ3) is 3.66. The van der Waals surface area contributed by atoms with E-state index in [9.17, 15) is 0 Å². The third-order valence-corrected chi connectivity index (χ3v) is 7.23. The molecule has 0 bridgehead atoms. The van der Waals surface area contributed by atoms with E-state index in [1.54, 1.807) is 0 Å². The number of hydrogen-bond acceptors (Lipinski definition) is 2. The van der Waals surface area contributed by atoms with Crippen LogP contribution < -0.4 is 4.90 Å². The highest BCUT2D eigenvalue weighted by Crippen LogP contribution is 2.43. The first-order valence-corrected chi connectivity index (χ1v) is 12.7. The molecule has 0 aliphatic rings. The van der Waals surface area contributed by atoms with Crippen LogP contribution in [0.4, 0.5) is 17.1 Å². The molecule has 0 amide bonds. The lowest BCUT2D eigenvalue weighted by molar-refractivity contribution is 0.669. The lowest BCUT2D eigenvalue weighted by Gasteiger charge is -2.25. The summed E-state index contributed by atoms with van der Waals surface area (Å²) in [7, 11) is 0. The maximum Gasteiger partial charge on any atom is 0.136 e. The Morgan fingerprint density at radius 2 is 1.08 bits per heavy atom. The summed E-state index contributed by atoms with van der Waals surface area (Å²) in [5.74, 6) is 0. The van der Waals surface area contributed by atoms with Gasteiger partial charge < -0.3 is 9.32 Å². The molecule has 0 aliphatic carbocycles. The van der Waals surface area contributed by atoms with E-state index in [0.717, 1.165) is 55.5 Å². The van der Waals surface area contributed by atoms with Gasteiger partial charge in [-0.25, -0.2) is 0 Å². The van der Waals surface area contributed by atoms with E-state index in [4.69, 9.17) is 16.0 Å². The SMILES string of the molecule is Clc1cccc2oc3cc(-c4ccc(N(c5ccccc5)c5ccccc5)cc4)c4ccccc4c3c12. The highest BCUT2D eigenvalue weighted by atomic mass is 35.5. The van der Waals surface area contributed by atoms with Gasteiger partial charge in [-0.2, -0.15) is 0 Å². The molecule has 0 N–H and O–H groups in total. The van der Waals surface area contributed by atoms with Crippen LogP contribution in [0.25, 0.3) is 43.8 Å². The van der Waals surface area contributed by atoms with Crippen LogP contribution in [0, 0.1) is 0 Å². The fraction of sp³-hybridized carbons (Fsp3) is 0. The maximum absolute atomic E-state index is 6.62. The van der Waals surface area contributed by atoms with Gasteiger partial charge in [0.05, 0.1) is 5.02 Å². The van der Waals surface area contributed by atoms with Crippen molar-refractivity contribution in [2.24, 2.45) is 0 Å². The fourth-order valence-corrected chi connectivity index (χ4v) is 5.53. The molecule has 0 saturated heterocycles. The topological polar surface area (TPSA) is 16.4 Å². The quantitative estimate of drug-likeness (QED) is 0.241. The second kappa shape index (κ2) is 8.85. The van der Waals surface area contributed by atoms with Crippen LogP contribution in [0.2, 0.25) is 5.02 Å². The molecule has 7 rings (SSSR count). The Morgan fingerprint density at radius 3 is 1.76 bits per heavy atom. The van der Waals surface area contributed by atoms with Gasteiger partial charge in [0.25, 0.3) is 0 Å². The molecule has 0 aliphatic heterocycles. The van der Waals surface area contributed by atoms with E-state index in [1.165, 1.54) is 5.39 Å². The Morgan fingerprint density at radius 1 is 0.486 bits per heavy atom. The highest BCUT2D eigenvalue weighted by molar-refractivity contribution is 6.39. The van der Waals surface area contributed by atoms with Crippen molar-refractivity contribution in [3.05, 3.63) is 138 Å². The molecule has 0 saturated carbocycles. The third-order valence-electron chi connectivity index (χ3n) is 6.92. The molecule has 7 aromatic rings. The van der Waals surface area contributed by atoms with Crippen LogP contribution in [0.15, 0.2) is 138 Å². The summed E-state index contributed by atoms with van der Waals surface area (Å²) in [5.41, 5.74) is 7.25. The van der Waals surface area contributed by atoms with E-state index < -0.39 is 0 Å². The van der Waals surface area contributed by atoms with Crippen LogP contribution >= 0.6 is 11.6 Å². The number of hydrogen-bond donors (Lipinski definition) is 0. The van der Waals surface area contributed by atoms with Gasteiger partial charge in [0.2, 0.25) is 0 Å². The normalized spacial score (nSPS) is 11.4. The molecule has 0 atom stereocenters. The van der Waals surface area contributed by atoms with Gasteiger partial charge >= 0.3 is 0 Å². The number of fused-ring (bicyclic) bond motifs is 5. The Bertz CT molecular complexity index is 1830. The number of para-hydroxylation sites is 2. The van der Waals surface area contributed by atoms with E-state index in [1.807, 2.05) is 30.3 Å². The van der Waals surface area contributed by atoms with Gasteiger partial charge in [-0.3, -0.25) is 0 Å². The Hall–Kier alpha value is -4.53. The van der Waals surface area contributed by atoms with Crippen LogP contribution in [0.5, 0.6) is 0 Å². The fourth-order valence-electron chi connectivity index (χ4n) is 5.27. The molecule has 0 radical (unpaired) electrons. The van der Waals surface area contributed by atoms with Crippen molar-refractivity contribution in [1.82, 2.24) is 0 Å². The van der Waals surface area contributed by atoms with Gasteiger partial charge in [-0.1, -0.05) is 90.5 Å². The Balaban J connectivity index is 1.40. The van der Waals surface area contributed by atoms with E-state index in [2.05, 4.69) is 108 Å². The summed E-state index contributed by atoms with van der Waals surface area (Å²) >= 11 is 6.62. The summed E-state index contributed by atoms with van der Waals surface area (Å²) < 4.78 is 6.29. The molecule has 1 aromatic heterocycles. The molecule has 2 nitrogen and oxygen atoms in total. The summed E-state index contributed by atoms with van der Waals surface area (Å²) in [6.45, 7) is 0. The first kappa shape index (κ1) is 21.7. The lowest BCUT2D eigenvalue weighted by Crippen LogP contribution is -2.09. The molecule has 176 valence electrons. The summed E-state index contributed by atoms with van der Waals surface area (Å²) in [4.78, 5) is 2.27. The molecule has 6 aromatic carbocycles. The van der Waals surface area contributed by atoms with Crippen LogP contribution in [-0.2, 0) is 0 Å². The van der Waals surface area contributed by atoms with Gasteiger partial charge in [-0.05, 0) is 76.5 Å². The maximum atomic E-state index is 6.62. The average Bonchev–Trinajstić information content (AvgIpc) is 3.34. The van der Waals surface area contributed by atoms with E-state index in [0.29, 0.717) is 5.02 Å². The zero-order valence-electron chi connectivity index (χ0n) is 19.9. The minimum Gasteiger partial charge on any atom is -0.456 e. The summed E-state index contributed by atoms with van der Waals surface area (Å²) in [6.07, 6.45) is 0. The second-order valence-corrected chi connectivity index (χ2v) is 9.52. The molecule has 1 heterocycles. The standard InChI is InChI=1S/C34H22ClNO/c35-30-16-9-17-31-34(30)33-28-15-8-7-14-27(28)29(22-32(33)37-31)23-18-20-26(21-19-23)36(24-10-3-1-4-11-24)25-12-5-2-6-13-25/h1-22H.